The summed E-state index contributed by atoms with van der Waals surface area (Å²) < 4.78 is 27.2. The number of halogens is 1. The number of anilines is 1. The molecule has 0 amide bonds. The molecule has 0 unspecified atom stereocenters. The van der Waals surface area contributed by atoms with Crippen molar-refractivity contribution in [1.82, 2.24) is 9.97 Å². The van der Waals surface area contributed by atoms with Crippen LogP contribution in [0.5, 0.6) is 0 Å². The van der Waals surface area contributed by atoms with Gasteiger partial charge in [0.05, 0.1) is 22.3 Å². The summed E-state index contributed by atoms with van der Waals surface area (Å²) in [6.07, 6.45) is 1.22. The highest BCUT2D eigenvalue weighted by atomic mass is 35.5. The van der Waals surface area contributed by atoms with Crippen LogP contribution < -0.4 is 4.72 Å². The van der Waals surface area contributed by atoms with E-state index in [-0.39, 0.29) is 16.3 Å². The molecule has 0 saturated carbocycles. The first-order valence-corrected chi connectivity index (χ1v) is 8.51. The summed E-state index contributed by atoms with van der Waals surface area (Å²) in [5.41, 5.74) is 0.518. The van der Waals surface area contributed by atoms with E-state index in [1.165, 1.54) is 30.5 Å². The smallest absolute Gasteiger partial charge is 0.337 e. The number of para-hydroxylation sites is 1. The van der Waals surface area contributed by atoms with Crippen molar-refractivity contribution in [3.05, 3.63) is 59.2 Å². The topological polar surface area (TPSA) is 109 Å². The minimum atomic E-state index is -4.13. The Morgan fingerprint density at radius 2 is 1.88 bits per heavy atom. The van der Waals surface area contributed by atoms with Gasteiger partial charge >= 0.3 is 5.97 Å². The minimum absolute atomic E-state index is 0.0371. The van der Waals surface area contributed by atoms with E-state index in [0.29, 0.717) is 16.1 Å². The molecule has 0 saturated heterocycles. The lowest BCUT2D eigenvalue weighted by Crippen LogP contribution is -2.17. The molecule has 24 heavy (non-hydrogen) atoms. The molecule has 1 aromatic heterocycles. The van der Waals surface area contributed by atoms with Crippen LogP contribution >= 0.6 is 11.6 Å². The molecule has 0 bridgehead atoms. The number of carbonyl (C=O) groups is 1. The van der Waals surface area contributed by atoms with E-state index in [1.807, 2.05) is 0 Å². The lowest BCUT2D eigenvalue weighted by molar-refractivity contribution is 0.0692. The summed E-state index contributed by atoms with van der Waals surface area (Å²) in [5.74, 6) is -1.38. The summed E-state index contributed by atoms with van der Waals surface area (Å²) >= 11 is 5.99. The number of benzene rings is 2. The summed E-state index contributed by atoms with van der Waals surface area (Å²) in [4.78, 5) is 19.1. The Balaban J connectivity index is 2.03. The zero-order valence-electron chi connectivity index (χ0n) is 12.0. The highest BCUT2D eigenvalue weighted by Crippen LogP contribution is 2.23. The number of nitrogens with zero attached hydrogens (tertiary/aromatic N) is 2. The van der Waals surface area contributed by atoms with E-state index in [2.05, 4.69) is 14.7 Å². The maximum atomic E-state index is 12.5. The highest BCUT2D eigenvalue weighted by Gasteiger charge is 2.22. The fourth-order valence-electron chi connectivity index (χ4n) is 2.13. The van der Waals surface area contributed by atoms with Crippen LogP contribution in [0, 0.1) is 0 Å². The molecule has 7 nitrogen and oxygen atoms in total. The van der Waals surface area contributed by atoms with E-state index >= 15 is 0 Å². The molecule has 0 aliphatic carbocycles. The average Bonchev–Trinajstić information content (AvgIpc) is 2.54. The molecule has 0 atom stereocenters. The lowest BCUT2D eigenvalue weighted by Gasteiger charge is -2.10. The summed E-state index contributed by atoms with van der Waals surface area (Å²) in [6, 6.07) is 10.2. The predicted octanol–water partition coefficient (Wildman–Crippen LogP) is 2.78. The van der Waals surface area contributed by atoms with Gasteiger partial charge in [0.1, 0.15) is 10.4 Å². The van der Waals surface area contributed by atoms with Gasteiger partial charge in [-0.3, -0.25) is 4.72 Å². The number of rotatable bonds is 4. The second-order valence-electron chi connectivity index (χ2n) is 4.77. The van der Waals surface area contributed by atoms with Gasteiger partial charge in [0.2, 0.25) is 0 Å². The molecule has 0 radical (unpaired) electrons. The molecule has 9 heteroatoms. The number of fused-ring (bicyclic) bond motifs is 1. The quantitative estimate of drug-likeness (QED) is 0.737. The van der Waals surface area contributed by atoms with Crippen LogP contribution in [0.3, 0.4) is 0 Å². The molecule has 2 aromatic carbocycles. The van der Waals surface area contributed by atoms with Crippen LogP contribution in [-0.4, -0.2) is 29.5 Å². The number of carboxylic acids is 1. The number of nitrogens with one attached hydrogen (secondary N) is 1. The molecule has 0 aliphatic rings. The SMILES string of the molecule is O=C(O)c1ccccc1S(=O)(=O)Nc1cnc2c(Cl)cccc2n1. The van der Waals surface area contributed by atoms with Crippen LogP contribution in [0.4, 0.5) is 5.82 Å². The Morgan fingerprint density at radius 1 is 1.12 bits per heavy atom. The zero-order chi connectivity index (χ0) is 17.3. The molecule has 0 spiro atoms. The molecular formula is C15H10ClN3O4S. The van der Waals surface area contributed by atoms with E-state index in [9.17, 15) is 13.2 Å². The van der Waals surface area contributed by atoms with Crippen molar-refractivity contribution >= 4 is 44.4 Å². The summed E-state index contributed by atoms with van der Waals surface area (Å²) in [7, 11) is -4.13. The van der Waals surface area contributed by atoms with Gasteiger partial charge in [-0.25, -0.2) is 23.2 Å². The van der Waals surface area contributed by atoms with Crippen LogP contribution in [0.15, 0.2) is 53.6 Å². The fourth-order valence-corrected chi connectivity index (χ4v) is 3.53. The van der Waals surface area contributed by atoms with Crippen LogP contribution in [0.1, 0.15) is 10.4 Å². The molecule has 3 rings (SSSR count). The van der Waals surface area contributed by atoms with Crippen molar-refractivity contribution in [2.75, 3.05) is 4.72 Å². The van der Waals surface area contributed by atoms with Crippen molar-refractivity contribution < 1.29 is 18.3 Å². The molecule has 0 fully saturated rings. The molecule has 2 N–H and O–H groups in total. The van der Waals surface area contributed by atoms with Gasteiger partial charge in [0.15, 0.2) is 5.82 Å². The first kappa shape index (κ1) is 16.2. The Morgan fingerprint density at radius 3 is 2.62 bits per heavy atom. The van der Waals surface area contributed by atoms with Crippen molar-refractivity contribution in [3.63, 3.8) is 0 Å². The third kappa shape index (κ3) is 3.01. The van der Waals surface area contributed by atoms with Crippen molar-refractivity contribution in [2.45, 2.75) is 4.90 Å². The molecule has 0 aliphatic heterocycles. The van der Waals surface area contributed by atoms with Gasteiger partial charge in [-0.15, -0.1) is 0 Å². The predicted molar refractivity (Wildman–Crippen MR) is 88.8 cm³/mol. The highest BCUT2D eigenvalue weighted by molar-refractivity contribution is 7.92. The number of hydrogen-bond acceptors (Lipinski definition) is 5. The normalized spacial score (nSPS) is 11.4. The minimum Gasteiger partial charge on any atom is -0.478 e. The van der Waals surface area contributed by atoms with Gasteiger partial charge in [0.25, 0.3) is 10.0 Å². The second-order valence-corrected chi connectivity index (χ2v) is 6.83. The molecular weight excluding hydrogens is 354 g/mol. The van der Waals surface area contributed by atoms with Crippen molar-refractivity contribution in [1.29, 1.82) is 0 Å². The third-order valence-corrected chi connectivity index (χ3v) is 4.89. The Kier molecular flexibility index (Phi) is 4.08. The Bertz CT molecular complexity index is 1050. The monoisotopic (exact) mass is 363 g/mol. The first-order chi connectivity index (χ1) is 11.4. The first-order valence-electron chi connectivity index (χ1n) is 6.65. The van der Waals surface area contributed by atoms with Gasteiger partial charge in [0, 0.05) is 0 Å². The van der Waals surface area contributed by atoms with E-state index in [4.69, 9.17) is 16.7 Å². The molecule has 1 heterocycles. The zero-order valence-corrected chi connectivity index (χ0v) is 13.5. The Hall–Kier alpha value is -2.71. The summed E-state index contributed by atoms with van der Waals surface area (Å²) in [5, 5.41) is 9.53. The number of carboxylic acid groups (broad SMARTS) is 1. The van der Waals surface area contributed by atoms with Crippen LogP contribution in [0.2, 0.25) is 5.02 Å². The number of hydrogen-bond donors (Lipinski definition) is 2. The van der Waals surface area contributed by atoms with E-state index in [0.717, 1.165) is 0 Å². The van der Waals surface area contributed by atoms with E-state index < -0.39 is 16.0 Å². The van der Waals surface area contributed by atoms with Crippen molar-refractivity contribution in [3.8, 4) is 0 Å². The number of aromatic nitrogens is 2. The molecule has 122 valence electrons. The summed E-state index contributed by atoms with van der Waals surface area (Å²) in [6.45, 7) is 0. The second kappa shape index (κ2) is 6.06. The number of sulfonamides is 1. The maximum absolute atomic E-state index is 12.5. The van der Waals surface area contributed by atoms with Crippen molar-refractivity contribution in [2.24, 2.45) is 0 Å². The largest absolute Gasteiger partial charge is 0.478 e. The van der Waals surface area contributed by atoms with Gasteiger partial charge < -0.3 is 5.11 Å². The maximum Gasteiger partial charge on any atom is 0.337 e. The number of aromatic carboxylic acids is 1. The van der Waals surface area contributed by atoms with Gasteiger partial charge in [-0.2, -0.15) is 0 Å². The third-order valence-electron chi connectivity index (χ3n) is 3.17. The average molecular weight is 364 g/mol. The van der Waals surface area contributed by atoms with Crippen LogP contribution in [-0.2, 0) is 10.0 Å². The van der Waals surface area contributed by atoms with E-state index in [1.54, 1.807) is 18.2 Å². The van der Waals surface area contributed by atoms with Gasteiger partial charge in [-0.1, -0.05) is 29.8 Å². The Labute approximate surface area is 142 Å². The van der Waals surface area contributed by atoms with Crippen LogP contribution in [0.25, 0.3) is 11.0 Å². The standard InChI is InChI=1S/C15H10ClN3O4S/c16-10-5-3-6-11-14(10)17-8-13(18-11)19-24(22,23)12-7-2-1-4-9(12)15(20)21/h1-8H,(H,18,19)(H,20,21). The molecule has 3 aromatic rings. The fraction of sp³-hybridized carbons (Fsp3) is 0. The lowest BCUT2D eigenvalue weighted by atomic mass is 10.2. The van der Waals surface area contributed by atoms with Gasteiger partial charge in [-0.05, 0) is 24.3 Å².